The van der Waals surface area contributed by atoms with Gasteiger partial charge in [-0.3, -0.25) is 0 Å². The van der Waals surface area contributed by atoms with Crippen molar-refractivity contribution in [1.82, 2.24) is 4.57 Å². The second-order valence-electron chi connectivity index (χ2n) is 20.1. The van der Waals surface area contributed by atoms with Crippen LogP contribution in [0.4, 0.5) is 51.2 Å². The van der Waals surface area contributed by atoms with Gasteiger partial charge in [-0.25, -0.2) is 0 Å². The normalized spacial score (nSPS) is 11.5. The van der Waals surface area contributed by atoms with Gasteiger partial charge in [-0.2, -0.15) is 0 Å². The molecule has 0 saturated carbocycles. The predicted octanol–water partition coefficient (Wildman–Crippen LogP) is 21.1. The Labute approximate surface area is 457 Å². The van der Waals surface area contributed by atoms with Crippen molar-refractivity contribution in [3.63, 3.8) is 0 Å². The summed E-state index contributed by atoms with van der Waals surface area (Å²) in [5.41, 5.74) is 16.5. The Morgan fingerprint density at radius 2 is 0.696 bits per heavy atom. The topological polar surface area (TPSA) is 27.8 Å². The fourth-order valence-electron chi connectivity index (χ4n) is 12.0. The van der Waals surface area contributed by atoms with Gasteiger partial charge < -0.3 is 23.7 Å². The molecule has 372 valence electrons. The molecule has 2 heterocycles. The summed E-state index contributed by atoms with van der Waals surface area (Å²) in [6.45, 7) is 0. The van der Waals surface area contributed by atoms with Crippen LogP contribution in [0.3, 0.4) is 0 Å². The van der Waals surface area contributed by atoms with Crippen LogP contribution >= 0.6 is 0 Å². The molecule has 15 aromatic rings. The fourth-order valence-corrected chi connectivity index (χ4v) is 12.0. The Balaban J connectivity index is 1.08. The summed E-state index contributed by atoms with van der Waals surface area (Å²) in [5, 5.41) is 9.11. The Bertz CT molecular complexity index is 4590. The van der Waals surface area contributed by atoms with E-state index in [2.05, 4.69) is 323 Å². The lowest BCUT2D eigenvalue weighted by Crippen LogP contribution is -2.16. The predicted molar refractivity (Wildman–Crippen MR) is 333 cm³/mol. The molecular weight excluding hydrogens is 961 g/mol. The molecule has 79 heavy (non-hydrogen) atoms. The highest BCUT2D eigenvalue weighted by atomic mass is 16.3. The minimum absolute atomic E-state index is 0.867. The number of hydrogen-bond donors (Lipinski definition) is 0. The number of benzene rings is 13. The molecule has 0 saturated heterocycles. The lowest BCUT2D eigenvalue weighted by molar-refractivity contribution is 0.673. The molecule has 0 fully saturated rings. The second-order valence-corrected chi connectivity index (χ2v) is 20.1. The summed E-state index contributed by atoms with van der Waals surface area (Å²) in [7, 11) is 0. The van der Waals surface area contributed by atoms with Gasteiger partial charge in [0.1, 0.15) is 11.2 Å². The van der Waals surface area contributed by atoms with Gasteiger partial charge in [0, 0.05) is 66.6 Å². The number of aromatic nitrogens is 1. The number of fused-ring (bicyclic) bond motifs is 11. The molecule has 13 aromatic carbocycles. The Morgan fingerprint density at radius 3 is 1.28 bits per heavy atom. The van der Waals surface area contributed by atoms with Crippen LogP contribution in [-0.2, 0) is 0 Å². The van der Waals surface area contributed by atoms with Gasteiger partial charge in [-0.05, 0) is 131 Å². The van der Waals surface area contributed by atoms with Gasteiger partial charge >= 0.3 is 0 Å². The molecular formula is C74H50N4O. The zero-order valence-electron chi connectivity index (χ0n) is 43.1. The number of hydrogen-bond acceptors (Lipinski definition) is 4. The number of furan rings is 1. The first kappa shape index (κ1) is 45.7. The van der Waals surface area contributed by atoms with E-state index in [9.17, 15) is 0 Å². The number of nitrogens with zero attached hydrogens (tertiary/aromatic N) is 4. The van der Waals surface area contributed by atoms with Crippen LogP contribution in [0.15, 0.2) is 308 Å². The molecule has 5 nitrogen and oxygen atoms in total. The van der Waals surface area contributed by atoms with Crippen molar-refractivity contribution in [2.75, 3.05) is 14.7 Å². The van der Waals surface area contributed by atoms with Gasteiger partial charge in [-0.1, -0.05) is 194 Å². The highest BCUT2D eigenvalue weighted by Crippen LogP contribution is 2.50. The molecule has 2 aromatic heterocycles. The highest BCUT2D eigenvalue weighted by Gasteiger charge is 2.26. The van der Waals surface area contributed by atoms with Gasteiger partial charge in [0.25, 0.3) is 0 Å². The van der Waals surface area contributed by atoms with Crippen LogP contribution in [0.5, 0.6) is 0 Å². The fraction of sp³-hybridized carbons (Fsp3) is 0. The van der Waals surface area contributed by atoms with Crippen molar-refractivity contribution in [2.45, 2.75) is 0 Å². The van der Waals surface area contributed by atoms with Crippen molar-refractivity contribution >= 4 is 116 Å². The number of para-hydroxylation sites is 7. The molecule has 0 N–H and O–H groups in total. The van der Waals surface area contributed by atoms with E-state index in [0.717, 1.165) is 123 Å². The van der Waals surface area contributed by atoms with Gasteiger partial charge in [0.05, 0.1) is 33.8 Å². The standard InChI is InChI=1S/C74H50N4O/c1-6-24-51(25-7-1)61-44-42-57(50-71(61)77(54-30-12-4-13-31-54)55-32-14-5-15-33-55)76(56-43-45-63-62-34-16-17-37-66(62)74-73(68(63)49-56)67-38-20-23-41-72(67)79-74)59-46-58(75(52-26-8-2-9-27-52)53-28-10-3-11-29-53)47-60(48-59)78-69-39-21-18-35-64(69)65-36-19-22-40-70(65)78/h1-50H. The summed E-state index contributed by atoms with van der Waals surface area (Å²) in [6, 6.07) is 109. The molecule has 15 rings (SSSR count). The summed E-state index contributed by atoms with van der Waals surface area (Å²) in [4.78, 5) is 7.23. The first-order valence-corrected chi connectivity index (χ1v) is 26.9. The minimum atomic E-state index is 0.867. The monoisotopic (exact) mass is 1010 g/mol. The lowest BCUT2D eigenvalue weighted by atomic mass is 9.96. The summed E-state index contributed by atoms with van der Waals surface area (Å²) in [6.07, 6.45) is 0. The maximum Gasteiger partial charge on any atom is 0.143 e. The first-order chi connectivity index (χ1) is 39.2. The highest BCUT2D eigenvalue weighted by molar-refractivity contribution is 6.30. The van der Waals surface area contributed by atoms with E-state index in [1.165, 1.54) is 10.8 Å². The van der Waals surface area contributed by atoms with Crippen LogP contribution in [-0.4, -0.2) is 4.57 Å². The van der Waals surface area contributed by atoms with Crippen LogP contribution in [0.1, 0.15) is 0 Å². The van der Waals surface area contributed by atoms with E-state index in [0.29, 0.717) is 0 Å². The van der Waals surface area contributed by atoms with Gasteiger partial charge in [0.2, 0.25) is 0 Å². The largest absolute Gasteiger partial charge is 0.455 e. The number of anilines is 9. The van der Waals surface area contributed by atoms with E-state index in [-0.39, 0.29) is 0 Å². The van der Waals surface area contributed by atoms with Crippen molar-refractivity contribution in [2.24, 2.45) is 0 Å². The Kier molecular flexibility index (Phi) is 11.1. The average Bonchev–Trinajstić information content (AvgIpc) is 4.18. The van der Waals surface area contributed by atoms with Crippen molar-refractivity contribution in [3.8, 4) is 16.8 Å². The maximum absolute atomic E-state index is 6.85. The first-order valence-electron chi connectivity index (χ1n) is 26.9. The van der Waals surface area contributed by atoms with Crippen molar-refractivity contribution < 1.29 is 4.42 Å². The zero-order valence-corrected chi connectivity index (χ0v) is 43.1. The summed E-state index contributed by atoms with van der Waals surface area (Å²) in [5.74, 6) is 0. The summed E-state index contributed by atoms with van der Waals surface area (Å²) < 4.78 is 9.29. The van der Waals surface area contributed by atoms with E-state index >= 15 is 0 Å². The minimum Gasteiger partial charge on any atom is -0.455 e. The van der Waals surface area contributed by atoms with Crippen LogP contribution in [0.25, 0.3) is 82.1 Å². The molecule has 0 aliphatic carbocycles. The van der Waals surface area contributed by atoms with Crippen LogP contribution in [0.2, 0.25) is 0 Å². The quantitative estimate of drug-likeness (QED) is 0.121. The third kappa shape index (κ3) is 7.86. The average molecular weight is 1010 g/mol. The SMILES string of the molecule is c1ccc(-c2ccc(N(c3cc(N(c4ccccc4)c4ccccc4)cc(-n4c5ccccc5c5ccccc54)c3)c3ccc4c5ccccc5c5oc6ccccc6c5c4c3)cc2N(c2ccccc2)c2ccccc2)cc1. The maximum atomic E-state index is 6.85. The molecule has 0 spiro atoms. The zero-order chi connectivity index (χ0) is 52.2. The van der Waals surface area contributed by atoms with Gasteiger partial charge in [0.15, 0.2) is 0 Å². The molecule has 0 aliphatic heterocycles. The molecule has 0 bridgehead atoms. The van der Waals surface area contributed by atoms with Crippen LogP contribution in [0, 0.1) is 0 Å². The third-order valence-corrected chi connectivity index (χ3v) is 15.5. The molecule has 0 amide bonds. The van der Waals surface area contributed by atoms with E-state index in [4.69, 9.17) is 4.42 Å². The molecule has 0 atom stereocenters. The van der Waals surface area contributed by atoms with Crippen molar-refractivity contribution in [3.05, 3.63) is 303 Å². The van der Waals surface area contributed by atoms with E-state index in [1.54, 1.807) is 0 Å². The lowest BCUT2D eigenvalue weighted by Gasteiger charge is -2.33. The molecule has 0 radical (unpaired) electrons. The molecule has 0 unspecified atom stereocenters. The smallest absolute Gasteiger partial charge is 0.143 e. The van der Waals surface area contributed by atoms with E-state index < -0.39 is 0 Å². The second kappa shape index (κ2) is 19.2. The molecule has 0 aliphatic rings. The van der Waals surface area contributed by atoms with Crippen molar-refractivity contribution in [1.29, 1.82) is 0 Å². The third-order valence-electron chi connectivity index (χ3n) is 15.5. The van der Waals surface area contributed by atoms with Gasteiger partial charge in [-0.15, -0.1) is 0 Å². The molecule has 5 heteroatoms. The van der Waals surface area contributed by atoms with Crippen LogP contribution < -0.4 is 14.7 Å². The Morgan fingerprint density at radius 1 is 0.266 bits per heavy atom. The summed E-state index contributed by atoms with van der Waals surface area (Å²) >= 11 is 0. The Hall–Kier alpha value is -10.6. The van der Waals surface area contributed by atoms with E-state index in [1.807, 2.05) is 0 Å². The number of rotatable bonds is 11.